The maximum atomic E-state index is 12.7. The third-order valence-electron chi connectivity index (χ3n) is 5.18. The Labute approximate surface area is 169 Å². The van der Waals surface area contributed by atoms with Crippen LogP contribution in [0.15, 0.2) is 42.5 Å². The van der Waals surface area contributed by atoms with Gasteiger partial charge in [0.25, 0.3) is 5.91 Å². The molecule has 0 spiro atoms. The quantitative estimate of drug-likeness (QED) is 0.814. The van der Waals surface area contributed by atoms with Crippen molar-refractivity contribution in [2.45, 2.75) is 19.3 Å². The largest absolute Gasteiger partial charge is 0.370 e. The number of carbonyl (C=O) groups excluding carboxylic acids is 2. The van der Waals surface area contributed by atoms with E-state index in [4.69, 9.17) is 11.6 Å². The molecule has 2 aromatic rings. The van der Waals surface area contributed by atoms with Crippen LogP contribution in [-0.4, -0.2) is 38.1 Å². The van der Waals surface area contributed by atoms with Gasteiger partial charge in [-0.05, 0) is 55.7 Å². The van der Waals surface area contributed by atoms with Crippen LogP contribution < -0.4 is 20.4 Å². The van der Waals surface area contributed by atoms with Gasteiger partial charge in [-0.3, -0.25) is 9.69 Å². The SMILES string of the molecule is O=C(Nc1ccc(N2CCCCC2)c(Cl)c1)c1cccc(N2CCNC2=O)c1. The van der Waals surface area contributed by atoms with E-state index in [0.717, 1.165) is 18.8 Å². The Balaban J connectivity index is 1.47. The van der Waals surface area contributed by atoms with Crippen molar-refractivity contribution in [1.82, 2.24) is 5.32 Å². The number of rotatable bonds is 4. The highest BCUT2D eigenvalue weighted by Crippen LogP contribution is 2.31. The van der Waals surface area contributed by atoms with E-state index in [-0.39, 0.29) is 11.9 Å². The molecule has 7 heteroatoms. The number of carbonyl (C=O) groups is 2. The van der Waals surface area contributed by atoms with E-state index in [1.54, 1.807) is 29.2 Å². The summed E-state index contributed by atoms with van der Waals surface area (Å²) in [7, 11) is 0. The number of urea groups is 1. The second-order valence-corrected chi connectivity index (χ2v) is 7.51. The maximum Gasteiger partial charge on any atom is 0.321 e. The minimum absolute atomic E-state index is 0.141. The second kappa shape index (κ2) is 8.10. The number of hydrogen-bond acceptors (Lipinski definition) is 3. The standard InChI is InChI=1S/C21H23ClN4O2/c22-18-14-16(7-8-19(18)25-10-2-1-3-11-25)24-20(27)15-5-4-6-17(13-15)26-12-9-23-21(26)28/h4-8,13-14H,1-3,9-12H2,(H,23,28)(H,24,27). The summed E-state index contributed by atoms with van der Waals surface area (Å²) < 4.78 is 0. The molecule has 0 saturated carbocycles. The number of hydrogen-bond donors (Lipinski definition) is 2. The van der Waals surface area contributed by atoms with E-state index in [1.807, 2.05) is 18.2 Å². The summed E-state index contributed by atoms with van der Waals surface area (Å²) in [5, 5.41) is 6.30. The number of nitrogens with zero attached hydrogens (tertiary/aromatic N) is 2. The fraction of sp³-hybridized carbons (Fsp3) is 0.333. The van der Waals surface area contributed by atoms with Gasteiger partial charge in [0, 0.05) is 43.1 Å². The van der Waals surface area contributed by atoms with Gasteiger partial charge >= 0.3 is 6.03 Å². The molecular weight excluding hydrogens is 376 g/mol. The number of halogens is 1. The number of benzene rings is 2. The molecule has 0 unspecified atom stereocenters. The summed E-state index contributed by atoms with van der Waals surface area (Å²) in [6.45, 7) is 3.24. The van der Waals surface area contributed by atoms with Crippen molar-refractivity contribution < 1.29 is 9.59 Å². The van der Waals surface area contributed by atoms with Crippen molar-refractivity contribution in [3.8, 4) is 0 Å². The Morgan fingerprint density at radius 2 is 1.86 bits per heavy atom. The van der Waals surface area contributed by atoms with Crippen LogP contribution in [0.3, 0.4) is 0 Å². The van der Waals surface area contributed by atoms with Gasteiger partial charge in [-0.25, -0.2) is 4.79 Å². The predicted octanol–water partition coefficient (Wildman–Crippen LogP) is 4.11. The van der Waals surface area contributed by atoms with Gasteiger partial charge < -0.3 is 15.5 Å². The highest BCUT2D eigenvalue weighted by Gasteiger charge is 2.22. The van der Waals surface area contributed by atoms with E-state index in [9.17, 15) is 9.59 Å². The summed E-state index contributed by atoms with van der Waals surface area (Å²) in [5.41, 5.74) is 2.87. The van der Waals surface area contributed by atoms with Gasteiger partial charge in [-0.2, -0.15) is 0 Å². The lowest BCUT2D eigenvalue weighted by atomic mass is 10.1. The van der Waals surface area contributed by atoms with Crippen LogP contribution in [0, 0.1) is 0 Å². The molecule has 6 nitrogen and oxygen atoms in total. The van der Waals surface area contributed by atoms with Crippen LogP contribution in [-0.2, 0) is 0 Å². The monoisotopic (exact) mass is 398 g/mol. The molecule has 2 aliphatic rings. The van der Waals surface area contributed by atoms with Crippen LogP contribution >= 0.6 is 11.6 Å². The molecule has 4 rings (SSSR count). The van der Waals surface area contributed by atoms with Crippen molar-refractivity contribution in [2.24, 2.45) is 0 Å². The molecule has 0 aromatic heterocycles. The third-order valence-corrected chi connectivity index (χ3v) is 5.48. The highest BCUT2D eigenvalue weighted by molar-refractivity contribution is 6.33. The van der Waals surface area contributed by atoms with E-state index in [0.29, 0.717) is 35.1 Å². The zero-order valence-electron chi connectivity index (χ0n) is 15.6. The zero-order valence-corrected chi connectivity index (χ0v) is 16.3. The maximum absolute atomic E-state index is 12.7. The molecule has 2 saturated heterocycles. The Morgan fingerprint density at radius 1 is 1.04 bits per heavy atom. The van der Waals surface area contributed by atoms with Crippen molar-refractivity contribution in [2.75, 3.05) is 41.3 Å². The second-order valence-electron chi connectivity index (χ2n) is 7.10. The van der Waals surface area contributed by atoms with Gasteiger partial charge in [0.1, 0.15) is 0 Å². The number of amides is 3. The minimum atomic E-state index is -0.233. The summed E-state index contributed by atoms with van der Waals surface area (Å²) in [5.74, 6) is -0.233. The van der Waals surface area contributed by atoms with Crippen LogP contribution in [0.1, 0.15) is 29.6 Å². The van der Waals surface area contributed by atoms with Gasteiger partial charge in [0.2, 0.25) is 0 Å². The molecule has 0 atom stereocenters. The molecule has 2 N–H and O–H groups in total. The summed E-state index contributed by atoms with van der Waals surface area (Å²) in [6.07, 6.45) is 3.63. The van der Waals surface area contributed by atoms with Gasteiger partial charge in [-0.1, -0.05) is 17.7 Å². The molecule has 2 aliphatic heterocycles. The van der Waals surface area contributed by atoms with E-state index < -0.39 is 0 Å². The zero-order chi connectivity index (χ0) is 19.5. The summed E-state index contributed by atoms with van der Waals surface area (Å²) in [6, 6.07) is 12.6. The van der Waals surface area contributed by atoms with Crippen LogP contribution in [0.2, 0.25) is 5.02 Å². The van der Waals surface area contributed by atoms with E-state index in [2.05, 4.69) is 15.5 Å². The molecule has 2 fully saturated rings. The fourth-order valence-corrected chi connectivity index (χ4v) is 4.01. The van der Waals surface area contributed by atoms with Crippen molar-refractivity contribution >= 4 is 40.6 Å². The molecule has 2 heterocycles. The van der Waals surface area contributed by atoms with Crippen molar-refractivity contribution in [3.05, 3.63) is 53.1 Å². The number of piperidine rings is 1. The molecule has 0 aliphatic carbocycles. The molecule has 2 aromatic carbocycles. The first-order valence-electron chi connectivity index (χ1n) is 9.63. The van der Waals surface area contributed by atoms with Crippen LogP contribution in [0.5, 0.6) is 0 Å². The first-order chi connectivity index (χ1) is 13.6. The Morgan fingerprint density at radius 3 is 2.57 bits per heavy atom. The number of anilines is 3. The lowest BCUT2D eigenvalue weighted by Crippen LogP contribution is -2.29. The van der Waals surface area contributed by atoms with Crippen molar-refractivity contribution in [1.29, 1.82) is 0 Å². The lowest BCUT2D eigenvalue weighted by Gasteiger charge is -2.29. The lowest BCUT2D eigenvalue weighted by molar-refractivity contribution is 0.102. The first-order valence-corrected chi connectivity index (χ1v) is 10.0. The molecule has 146 valence electrons. The number of nitrogens with one attached hydrogen (secondary N) is 2. The Hall–Kier alpha value is -2.73. The normalized spacial score (nSPS) is 16.8. The van der Waals surface area contributed by atoms with Gasteiger partial charge in [-0.15, -0.1) is 0 Å². The Bertz CT molecular complexity index is 896. The summed E-state index contributed by atoms with van der Waals surface area (Å²) in [4.78, 5) is 28.4. The molecular formula is C21H23ClN4O2. The summed E-state index contributed by atoms with van der Waals surface area (Å²) >= 11 is 6.48. The predicted molar refractivity (Wildman–Crippen MR) is 113 cm³/mol. The van der Waals surface area contributed by atoms with Crippen LogP contribution in [0.25, 0.3) is 0 Å². The molecule has 0 bridgehead atoms. The fourth-order valence-electron chi connectivity index (χ4n) is 3.71. The minimum Gasteiger partial charge on any atom is -0.370 e. The van der Waals surface area contributed by atoms with Crippen LogP contribution in [0.4, 0.5) is 21.9 Å². The highest BCUT2D eigenvalue weighted by atomic mass is 35.5. The third kappa shape index (κ3) is 3.92. The first kappa shape index (κ1) is 18.6. The van der Waals surface area contributed by atoms with E-state index in [1.165, 1.54) is 19.3 Å². The average molecular weight is 399 g/mol. The topological polar surface area (TPSA) is 64.7 Å². The van der Waals surface area contributed by atoms with E-state index >= 15 is 0 Å². The molecule has 28 heavy (non-hydrogen) atoms. The van der Waals surface area contributed by atoms with Gasteiger partial charge in [0.15, 0.2) is 0 Å². The molecule has 0 radical (unpaired) electrons. The average Bonchev–Trinajstić information content (AvgIpc) is 3.15. The Kier molecular flexibility index (Phi) is 5.39. The van der Waals surface area contributed by atoms with Crippen molar-refractivity contribution in [3.63, 3.8) is 0 Å². The van der Waals surface area contributed by atoms with Gasteiger partial charge in [0.05, 0.1) is 10.7 Å². The molecule has 3 amide bonds. The smallest absolute Gasteiger partial charge is 0.321 e.